The number of non-ortho nitro benzene ring substituents is 1. The highest BCUT2D eigenvalue weighted by Crippen LogP contribution is 2.21. The average Bonchev–Trinajstić information content (AvgIpc) is 2.71. The minimum absolute atomic E-state index is 0.0463. The Hall–Kier alpha value is -3.92. The quantitative estimate of drug-likeness (QED) is 0.390. The molecule has 0 radical (unpaired) electrons. The molecule has 32 heavy (non-hydrogen) atoms. The van der Waals surface area contributed by atoms with Crippen molar-refractivity contribution in [2.45, 2.75) is 18.7 Å². The molecule has 0 unspecified atom stereocenters. The fourth-order valence-electron chi connectivity index (χ4n) is 3.01. The molecule has 0 saturated heterocycles. The lowest BCUT2D eigenvalue weighted by Gasteiger charge is -2.11. The van der Waals surface area contributed by atoms with Crippen molar-refractivity contribution in [1.82, 2.24) is 0 Å². The van der Waals surface area contributed by atoms with Gasteiger partial charge in [0.15, 0.2) is 6.61 Å². The third-order valence-electron chi connectivity index (χ3n) is 4.32. The van der Waals surface area contributed by atoms with Crippen molar-refractivity contribution in [1.29, 1.82) is 0 Å². The van der Waals surface area contributed by atoms with Crippen LogP contribution in [-0.4, -0.2) is 25.9 Å². The second-order valence-electron chi connectivity index (χ2n) is 7.10. The van der Waals surface area contributed by atoms with Crippen molar-refractivity contribution in [3.8, 4) is 5.75 Å². The molecule has 0 aliphatic rings. The SMILES string of the molecule is Cc1cc(C)cc(NS(=O)(=O)c2ccc(OCC(=O)Nc3cccc([N+](=O)[O-])c3)cc2)c1. The zero-order valence-corrected chi connectivity index (χ0v) is 18.2. The number of nitro groups is 1. The number of carbonyl (C=O) groups excluding carboxylic acids is 1. The summed E-state index contributed by atoms with van der Waals surface area (Å²) >= 11 is 0. The number of benzene rings is 3. The first-order valence-electron chi connectivity index (χ1n) is 9.51. The van der Waals surface area contributed by atoms with Crippen LogP contribution in [0.25, 0.3) is 0 Å². The van der Waals surface area contributed by atoms with Gasteiger partial charge in [0, 0.05) is 23.5 Å². The Bertz CT molecular complexity index is 1240. The van der Waals surface area contributed by atoms with Crippen molar-refractivity contribution in [2.75, 3.05) is 16.6 Å². The van der Waals surface area contributed by atoms with E-state index < -0.39 is 20.9 Å². The van der Waals surface area contributed by atoms with E-state index in [0.717, 1.165) is 11.1 Å². The van der Waals surface area contributed by atoms with E-state index in [2.05, 4.69) is 10.0 Å². The summed E-state index contributed by atoms with van der Waals surface area (Å²) < 4.78 is 33.2. The predicted octanol–water partition coefficient (Wildman–Crippen LogP) is 4.03. The maximum Gasteiger partial charge on any atom is 0.271 e. The third-order valence-corrected chi connectivity index (χ3v) is 5.72. The Morgan fingerprint density at radius 1 is 0.969 bits per heavy atom. The van der Waals surface area contributed by atoms with Gasteiger partial charge in [-0.05, 0) is 67.4 Å². The lowest BCUT2D eigenvalue weighted by atomic mass is 10.1. The largest absolute Gasteiger partial charge is 0.484 e. The van der Waals surface area contributed by atoms with Gasteiger partial charge in [-0.1, -0.05) is 12.1 Å². The number of aryl methyl sites for hydroxylation is 2. The average molecular weight is 455 g/mol. The van der Waals surface area contributed by atoms with E-state index in [4.69, 9.17) is 4.74 Å². The number of nitrogens with zero attached hydrogens (tertiary/aromatic N) is 1. The lowest BCUT2D eigenvalue weighted by Crippen LogP contribution is -2.20. The van der Waals surface area contributed by atoms with Crippen LogP contribution in [0.2, 0.25) is 0 Å². The zero-order chi connectivity index (χ0) is 23.3. The summed E-state index contributed by atoms with van der Waals surface area (Å²) in [6.45, 7) is 3.41. The number of rotatable bonds is 8. The van der Waals surface area contributed by atoms with Gasteiger partial charge in [0.2, 0.25) is 0 Å². The Kier molecular flexibility index (Phi) is 6.74. The maximum atomic E-state index is 12.6. The molecule has 3 rings (SSSR count). The highest BCUT2D eigenvalue weighted by molar-refractivity contribution is 7.92. The van der Waals surface area contributed by atoms with Gasteiger partial charge in [-0.2, -0.15) is 0 Å². The van der Waals surface area contributed by atoms with Crippen LogP contribution in [0.4, 0.5) is 17.1 Å². The number of sulfonamides is 1. The van der Waals surface area contributed by atoms with E-state index in [1.807, 2.05) is 19.9 Å². The number of carbonyl (C=O) groups is 1. The molecule has 0 bridgehead atoms. The van der Waals surface area contributed by atoms with E-state index in [1.165, 1.54) is 48.5 Å². The first kappa shape index (κ1) is 22.8. The highest BCUT2D eigenvalue weighted by Gasteiger charge is 2.15. The van der Waals surface area contributed by atoms with E-state index in [-0.39, 0.29) is 22.9 Å². The van der Waals surface area contributed by atoms with Gasteiger partial charge in [0.25, 0.3) is 21.6 Å². The summed E-state index contributed by atoms with van der Waals surface area (Å²) in [5, 5.41) is 13.3. The second-order valence-corrected chi connectivity index (χ2v) is 8.78. The molecule has 2 N–H and O–H groups in total. The van der Waals surface area contributed by atoms with Gasteiger partial charge in [0.05, 0.1) is 9.82 Å². The first-order valence-corrected chi connectivity index (χ1v) is 11.0. The van der Waals surface area contributed by atoms with Gasteiger partial charge < -0.3 is 10.1 Å². The van der Waals surface area contributed by atoms with Crippen LogP contribution in [-0.2, 0) is 14.8 Å². The van der Waals surface area contributed by atoms with Crippen LogP contribution in [0.3, 0.4) is 0 Å². The fraction of sp³-hybridized carbons (Fsp3) is 0.136. The fourth-order valence-corrected chi connectivity index (χ4v) is 4.05. The maximum absolute atomic E-state index is 12.6. The van der Waals surface area contributed by atoms with Crippen LogP contribution < -0.4 is 14.8 Å². The summed E-state index contributed by atoms with van der Waals surface area (Å²) in [7, 11) is -3.79. The molecule has 0 atom stereocenters. The highest BCUT2D eigenvalue weighted by atomic mass is 32.2. The standard InChI is InChI=1S/C22H21N3O6S/c1-15-10-16(2)12-18(11-15)24-32(29,30)21-8-6-20(7-9-21)31-14-22(26)23-17-4-3-5-19(13-17)25(27)28/h3-13,24H,14H2,1-2H3,(H,23,26). The molecule has 3 aromatic carbocycles. The molecule has 3 aromatic rings. The minimum Gasteiger partial charge on any atom is -0.484 e. The summed E-state index contributed by atoms with van der Waals surface area (Å²) in [6.07, 6.45) is 0. The molecule has 0 fully saturated rings. The molecule has 166 valence electrons. The van der Waals surface area contributed by atoms with Gasteiger partial charge in [0.1, 0.15) is 5.75 Å². The number of ether oxygens (including phenoxy) is 1. The molecule has 0 aliphatic carbocycles. The van der Waals surface area contributed by atoms with Crippen molar-refractivity contribution >= 4 is 33.0 Å². The number of nitrogens with one attached hydrogen (secondary N) is 2. The number of hydrogen-bond acceptors (Lipinski definition) is 6. The number of amides is 1. The van der Waals surface area contributed by atoms with E-state index in [9.17, 15) is 23.3 Å². The normalized spacial score (nSPS) is 10.9. The summed E-state index contributed by atoms with van der Waals surface area (Å²) in [4.78, 5) is 22.3. The smallest absolute Gasteiger partial charge is 0.271 e. The summed E-state index contributed by atoms with van der Waals surface area (Å²) in [6, 6.07) is 16.6. The number of anilines is 2. The van der Waals surface area contributed by atoms with E-state index in [0.29, 0.717) is 11.4 Å². The van der Waals surface area contributed by atoms with Crippen LogP contribution in [0.15, 0.2) is 71.6 Å². The Labute approximate surface area is 185 Å². The van der Waals surface area contributed by atoms with Crippen LogP contribution >= 0.6 is 0 Å². The molecule has 0 heterocycles. The van der Waals surface area contributed by atoms with Gasteiger partial charge in [-0.3, -0.25) is 19.6 Å². The molecular weight excluding hydrogens is 434 g/mol. The van der Waals surface area contributed by atoms with Crippen molar-refractivity contribution in [2.24, 2.45) is 0 Å². The molecule has 9 nitrogen and oxygen atoms in total. The van der Waals surface area contributed by atoms with E-state index in [1.54, 1.807) is 12.1 Å². The summed E-state index contributed by atoms with van der Waals surface area (Å²) in [5.41, 5.74) is 2.48. The molecular formula is C22H21N3O6S. The van der Waals surface area contributed by atoms with Crippen LogP contribution in [0.5, 0.6) is 5.75 Å². The molecule has 1 amide bonds. The van der Waals surface area contributed by atoms with Crippen LogP contribution in [0, 0.1) is 24.0 Å². The van der Waals surface area contributed by atoms with E-state index >= 15 is 0 Å². The Balaban J connectivity index is 1.60. The molecule has 0 aromatic heterocycles. The monoisotopic (exact) mass is 455 g/mol. The van der Waals surface area contributed by atoms with Crippen molar-refractivity contribution in [3.05, 3.63) is 88.0 Å². The van der Waals surface area contributed by atoms with Gasteiger partial charge in [-0.25, -0.2) is 8.42 Å². The topological polar surface area (TPSA) is 128 Å². The van der Waals surface area contributed by atoms with Gasteiger partial charge >= 0.3 is 0 Å². The molecule has 0 spiro atoms. The van der Waals surface area contributed by atoms with Gasteiger partial charge in [-0.15, -0.1) is 0 Å². The number of hydrogen-bond donors (Lipinski definition) is 2. The zero-order valence-electron chi connectivity index (χ0n) is 17.4. The molecule has 10 heteroatoms. The van der Waals surface area contributed by atoms with Crippen molar-refractivity contribution < 1.29 is 22.9 Å². The van der Waals surface area contributed by atoms with Crippen LogP contribution in [0.1, 0.15) is 11.1 Å². The second kappa shape index (κ2) is 9.48. The lowest BCUT2D eigenvalue weighted by molar-refractivity contribution is -0.384. The number of nitro benzene ring substituents is 1. The Morgan fingerprint density at radius 3 is 2.25 bits per heavy atom. The Morgan fingerprint density at radius 2 is 1.62 bits per heavy atom. The molecule has 0 aliphatic heterocycles. The van der Waals surface area contributed by atoms with Crippen molar-refractivity contribution in [3.63, 3.8) is 0 Å². The minimum atomic E-state index is -3.79. The predicted molar refractivity (Wildman–Crippen MR) is 120 cm³/mol. The molecule has 0 saturated carbocycles. The first-order chi connectivity index (χ1) is 15.1. The third kappa shape index (κ3) is 6.05. The summed E-state index contributed by atoms with van der Waals surface area (Å²) in [5.74, 6) is -0.219.